The van der Waals surface area contributed by atoms with Gasteiger partial charge in [-0.3, -0.25) is 9.89 Å². The first-order chi connectivity index (χ1) is 8.74. The van der Waals surface area contributed by atoms with Crippen LogP contribution in [0.25, 0.3) is 11.0 Å². The lowest BCUT2D eigenvalue weighted by Crippen LogP contribution is -2.33. The van der Waals surface area contributed by atoms with E-state index >= 15 is 0 Å². The number of anilines is 2. The Morgan fingerprint density at radius 1 is 1.39 bits per heavy atom. The second kappa shape index (κ2) is 4.13. The molecule has 0 radical (unpaired) electrons. The van der Waals surface area contributed by atoms with Crippen molar-refractivity contribution >= 4 is 28.7 Å². The van der Waals surface area contributed by atoms with Crippen LogP contribution in [0.3, 0.4) is 0 Å². The Morgan fingerprint density at radius 3 is 3.17 bits per heavy atom. The third kappa shape index (κ3) is 1.81. The molecule has 18 heavy (non-hydrogen) atoms. The summed E-state index contributed by atoms with van der Waals surface area (Å²) in [5, 5.41) is 10.3. The van der Waals surface area contributed by atoms with Crippen LogP contribution in [-0.4, -0.2) is 45.7 Å². The van der Waals surface area contributed by atoms with E-state index in [1.807, 2.05) is 4.90 Å². The molecule has 1 aliphatic heterocycles. The molecule has 0 spiro atoms. The number of aromatic nitrogens is 4. The summed E-state index contributed by atoms with van der Waals surface area (Å²) in [5.41, 5.74) is 6.25. The van der Waals surface area contributed by atoms with Crippen molar-refractivity contribution in [1.29, 1.82) is 0 Å². The smallest absolute Gasteiger partial charge is 0.239 e. The van der Waals surface area contributed by atoms with E-state index in [9.17, 15) is 4.79 Å². The molecule has 8 nitrogen and oxygen atoms in total. The molecular weight excluding hydrogens is 234 g/mol. The quantitative estimate of drug-likeness (QED) is 0.612. The molecule has 0 unspecified atom stereocenters. The molecule has 8 heteroatoms. The number of hydrogen-bond donors (Lipinski definition) is 3. The fourth-order valence-electron chi connectivity index (χ4n) is 2.06. The maximum absolute atomic E-state index is 11.6. The van der Waals surface area contributed by atoms with Crippen molar-refractivity contribution in [2.24, 2.45) is 0 Å². The molecule has 2 aromatic rings. The lowest BCUT2D eigenvalue weighted by atomic mass is 10.3. The Morgan fingerprint density at radius 2 is 2.28 bits per heavy atom. The lowest BCUT2D eigenvalue weighted by molar-refractivity contribution is -0.119. The number of amides is 1. The minimum atomic E-state index is -0.0127. The van der Waals surface area contributed by atoms with E-state index in [1.54, 1.807) is 6.20 Å². The highest BCUT2D eigenvalue weighted by Crippen LogP contribution is 2.23. The van der Waals surface area contributed by atoms with Gasteiger partial charge in [0.15, 0.2) is 5.65 Å². The number of nitrogen functional groups attached to an aromatic ring is 1. The topological polar surface area (TPSA) is 113 Å². The summed E-state index contributed by atoms with van der Waals surface area (Å²) in [4.78, 5) is 21.8. The van der Waals surface area contributed by atoms with Gasteiger partial charge in [-0.1, -0.05) is 0 Å². The summed E-state index contributed by atoms with van der Waals surface area (Å²) < 4.78 is 0. The Hall–Kier alpha value is -2.38. The standard InChI is InChI=1S/C10H13N7O/c11-10-14-8-6(4-13-16-8)9(15-10)17-3-1-2-12-7(18)5-17/h4H,1-3,5H2,(H,12,18)(H3,11,13,14,15,16). The van der Waals surface area contributed by atoms with E-state index in [-0.39, 0.29) is 18.4 Å². The second-order valence-electron chi connectivity index (χ2n) is 4.16. The molecule has 0 bridgehead atoms. The highest BCUT2D eigenvalue weighted by Gasteiger charge is 2.19. The third-order valence-electron chi connectivity index (χ3n) is 2.87. The van der Waals surface area contributed by atoms with Crippen LogP contribution >= 0.6 is 0 Å². The minimum absolute atomic E-state index is 0.0127. The van der Waals surface area contributed by atoms with Gasteiger partial charge in [-0.25, -0.2) is 0 Å². The second-order valence-corrected chi connectivity index (χ2v) is 4.16. The number of nitrogens with one attached hydrogen (secondary N) is 2. The number of carbonyl (C=O) groups excluding carboxylic acids is 1. The Bertz CT molecular complexity index is 593. The summed E-state index contributed by atoms with van der Waals surface area (Å²) >= 11 is 0. The largest absolute Gasteiger partial charge is 0.368 e. The number of carbonyl (C=O) groups is 1. The van der Waals surface area contributed by atoms with Crippen molar-refractivity contribution in [2.45, 2.75) is 6.42 Å². The van der Waals surface area contributed by atoms with Crippen molar-refractivity contribution in [2.75, 3.05) is 30.3 Å². The molecule has 3 rings (SSSR count). The van der Waals surface area contributed by atoms with Crippen molar-refractivity contribution in [3.63, 3.8) is 0 Å². The normalized spacial score (nSPS) is 16.7. The van der Waals surface area contributed by atoms with Crippen LogP contribution in [0.5, 0.6) is 0 Å². The van der Waals surface area contributed by atoms with Gasteiger partial charge in [0.25, 0.3) is 0 Å². The minimum Gasteiger partial charge on any atom is -0.368 e. The van der Waals surface area contributed by atoms with Crippen LogP contribution < -0.4 is 16.0 Å². The number of nitrogens with two attached hydrogens (primary N) is 1. The molecule has 1 fully saturated rings. The molecule has 3 heterocycles. The predicted octanol–water partition coefficient (Wildman–Crippen LogP) is -0.739. The number of H-pyrrole nitrogens is 1. The summed E-state index contributed by atoms with van der Waals surface area (Å²) in [7, 11) is 0. The van der Waals surface area contributed by atoms with Gasteiger partial charge in [0.1, 0.15) is 5.82 Å². The average molecular weight is 247 g/mol. The lowest BCUT2D eigenvalue weighted by Gasteiger charge is -2.20. The summed E-state index contributed by atoms with van der Waals surface area (Å²) in [6.07, 6.45) is 2.52. The van der Waals surface area contributed by atoms with E-state index in [0.29, 0.717) is 18.0 Å². The van der Waals surface area contributed by atoms with E-state index in [1.165, 1.54) is 0 Å². The molecule has 0 saturated carbocycles. The predicted molar refractivity (Wildman–Crippen MR) is 65.9 cm³/mol. The Labute approximate surface area is 103 Å². The fraction of sp³-hybridized carbons (Fsp3) is 0.400. The number of hydrogen-bond acceptors (Lipinski definition) is 6. The van der Waals surface area contributed by atoms with Gasteiger partial charge in [0.2, 0.25) is 11.9 Å². The molecule has 4 N–H and O–H groups in total. The van der Waals surface area contributed by atoms with Gasteiger partial charge in [-0.05, 0) is 6.42 Å². The van der Waals surface area contributed by atoms with Crippen molar-refractivity contribution in [3.05, 3.63) is 6.20 Å². The summed E-state index contributed by atoms with van der Waals surface area (Å²) in [6.45, 7) is 1.70. The highest BCUT2D eigenvalue weighted by molar-refractivity contribution is 5.90. The van der Waals surface area contributed by atoms with Crippen molar-refractivity contribution in [1.82, 2.24) is 25.5 Å². The molecule has 1 aliphatic rings. The van der Waals surface area contributed by atoms with Gasteiger partial charge >= 0.3 is 0 Å². The maximum atomic E-state index is 11.6. The maximum Gasteiger partial charge on any atom is 0.239 e. The van der Waals surface area contributed by atoms with Gasteiger partial charge in [-0.15, -0.1) is 0 Å². The molecule has 0 aliphatic carbocycles. The zero-order chi connectivity index (χ0) is 12.5. The SMILES string of the molecule is Nc1nc(N2CCCNC(=O)C2)c2cn[nH]c2n1. The van der Waals surface area contributed by atoms with Crippen molar-refractivity contribution < 1.29 is 4.79 Å². The Kier molecular flexibility index (Phi) is 2.47. The third-order valence-corrected chi connectivity index (χ3v) is 2.87. The van der Waals surface area contributed by atoms with Crippen LogP contribution in [0.4, 0.5) is 11.8 Å². The summed E-state index contributed by atoms with van der Waals surface area (Å²) in [6, 6.07) is 0. The number of rotatable bonds is 1. The van der Waals surface area contributed by atoms with E-state index in [2.05, 4.69) is 25.5 Å². The van der Waals surface area contributed by atoms with Gasteiger partial charge in [-0.2, -0.15) is 15.1 Å². The van der Waals surface area contributed by atoms with Crippen LogP contribution in [0.2, 0.25) is 0 Å². The molecule has 0 aromatic carbocycles. The van der Waals surface area contributed by atoms with Crippen LogP contribution in [0, 0.1) is 0 Å². The monoisotopic (exact) mass is 247 g/mol. The zero-order valence-corrected chi connectivity index (χ0v) is 9.68. The van der Waals surface area contributed by atoms with Crippen LogP contribution in [0.1, 0.15) is 6.42 Å². The molecule has 1 amide bonds. The Balaban J connectivity index is 2.06. The first-order valence-corrected chi connectivity index (χ1v) is 5.72. The molecule has 1 saturated heterocycles. The van der Waals surface area contributed by atoms with Gasteiger partial charge < -0.3 is 16.0 Å². The molecule has 2 aromatic heterocycles. The average Bonchev–Trinajstić information content (AvgIpc) is 2.69. The van der Waals surface area contributed by atoms with Crippen LogP contribution in [-0.2, 0) is 4.79 Å². The van der Waals surface area contributed by atoms with E-state index < -0.39 is 0 Å². The summed E-state index contributed by atoms with van der Waals surface area (Å²) in [5.74, 6) is 0.816. The molecular formula is C10H13N7O. The first-order valence-electron chi connectivity index (χ1n) is 5.72. The van der Waals surface area contributed by atoms with E-state index in [4.69, 9.17) is 5.73 Å². The first kappa shape index (κ1) is 10.8. The molecule has 0 atom stereocenters. The van der Waals surface area contributed by atoms with Gasteiger partial charge in [0.05, 0.1) is 18.1 Å². The number of aromatic amines is 1. The zero-order valence-electron chi connectivity index (χ0n) is 9.68. The fourth-order valence-corrected chi connectivity index (χ4v) is 2.06. The van der Waals surface area contributed by atoms with E-state index in [0.717, 1.165) is 18.4 Å². The molecule has 94 valence electrons. The number of nitrogens with zero attached hydrogens (tertiary/aromatic N) is 4. The van der Waals surface area contributed by atoms with Crippen molar-refractivity contribution in [3.8, 4) is 0 Å². The van der Waals surface area contributed by atoms with Gasteiger partial charge in [0, 0.05) is 13.1 Å². The van der Waals surface area contributed by atoms with Crippen LogP contribution in [0.15, 0.2) is 6.20 Å². The highest BCUT2D eigenvalue weighted by atomic mass is 16.2. The number of fused-ring (bicyclic) bond motifs is 1.